The minimum Gasteiger partial charge on any atom is -0.507 e. The number of benzene rings is 3. The van der Waals surface area contributed by atoms with Gasteiger partial charge in [-0.25, -0.2) is 4.79 Å². The summed E-state index contributed by atoms with van der Waals surface area (Å²) < 4.78 is 6.06. The molecule has 5 rings (SSSR count). The maximum Gasteiger partial charge on any atom is 0.331 e. The molecule has 0 bridgehead atoms. The normalized spacial score (nSPS) is 18.0. The zero-order valence-corrected chi connectivity index (χ0v) is 25.5. The summed E-state index contributed by atoms with van der Waals surface area (Å²) in [6.45, 7) is 5.27. The number of aliphatic carboxylic acids is 1. The number of hydrogen-bond acceptors (Lipinski definition) is 5. The number of ether oxygens (including phenoxy) is 1. The molecule has 224 valence electrons. The number of phenols is 2. The summed E-state index contributed by atoms with van der Waals surface area (Å²) in [5.74, 6) is 1.11. The third-order valence-electron chi connectivity index (χ3n) is 8.69. The minimum absolute atomic E-state index is 0.0745. The van der Waals surface area contributed by atoms with Crippen LogP contribution >= 0.6 is 10.0 Å². The Morgan fingerprint density at radius 1 is 0.952 bits per heavy atom. The van der Waals surface area contributed by atoms with Crippen LogP contribution in [0.4, 0.5) is 5.69 Å². The number of carboxylic acids is 1. The molecule has 0 unspecified atom stereocenters. The average Bonchev–Trinajstić information content (AvgIpc) is 3.83. The Morgan fingerprint density at radius 2 is 1.55 bits per heavy atom. The molecule has 1 fully saturated rings. The number of carbonyl (C=O) groups is 1. The van der Waals surface area contributed by atoms with Crippen LogP contribution in [0.5, 0.6) is 17.2 Å². The van der Waals surface area contributed by atoms with E-state index in [1.165, 1.54) is 6.26 Å². The number of phenolic OH excluding ortho intramolecular Hbond substituents is 2. The number of hydrogen-bond donors (Lipinski definition) is 4. The van der Waals surface area contributed by atoms with Crippen LogP contribution in [-0.4, -0.2) is 33.6 Å². The number of anilines is 1. The van der Waals surface area contributed by atoms with Crippen molar-refractivity contribution in [1.29, 1.82) is 0 Å². The van der Waals surface area contributed by atoms with Gasteiger partial charge in [0.15, 0.2) is 0 Å². The molecule has 2 aliphatic rings. The van der Waals surface area contributed by atoms with E-state index in [-0.39, 0.29) is 16.9 Å². The molecule has 0 amide bonds. The van der Waals surface area contributed by atoms with Crippen LogP contribution in [0.3, 0.4) is 0 Å². The Morgan fingerprint density at radius 3 is 2.07 bits per heavy atom. The van der Waals surface area contributed by atoms with E-state index in [1.54, 1.807) is 12.1 Å². The first-order valence-electron chi connectivity index (χ1n) is 15.2. The van der Waals surface area contributed by atoms with E-state index in [0.717, 1.165) is 95.7 Å². The maximum absolute atomic E-state index is 11.6. The van der Waals surface area contributed by atoms with Gasteiger partial charge in [0.25, 0.3) is 0 Å². The van der Waals surface area contributed by atoms with Crippen LogP contribution < -0.4 is 10.1 Å². The third kappa shape index (κ3) is 5.98. The van der Waals surface area contributed by atoms with Gasteiger partial charge in [0.2, 0.25) is 0 Å². The highest BCUT2D eigenvalue weighted by atomic mass is 32.3. The van der Waals surface area contributed by atoms with Crippen molar-refractivity contribution >= 4 is 21.7 Å². The molecule has 4 N–H and O–H groups in total. The van der Waals surface area contributed by atoms with Crippen LogP contribution in [0.25, 0.3) is 0 Å². The molecule has 0 saturated heterocycles. The summed E-state index contributed by atoms with van der Waals surface area (Å²) >= 11 is 0. The second-order valence-corrected chi connectivity index (χ2v) is 14.9. The number of unbranched alkanes of at least 4 members (excludes halogenated alkanes) is 2. The SMILES string of the molecule is CCCCC1(CCCC)CNc2cc(C3CC3)c(O/C=C/C(=O)O)cc2S(c2ccccc2O)(c2ccccc2O)C1. The van der Waals surface area contributed by atoms with E-state index in [0.29, 0.717) is 11.7 Å². The molecule has 1 saturated carbocycles. The van der Waals surface area contributed by atoms with E-state index in [2.05, 4.69) is 31.3 Å². The highest BCUT2D eigenvalue weighted by molar-refractivity contribution is 8.34. The van der Waals surface area contributed by atoms with E-state index < -0.39 is 16.0 Å². The van der Waals surface area contributed by atoms with Gasteiger partial charge in [-0.05, 0) is 84.7 Å². The van der Waals surface area contributed by atoms with E-state index in [4.69, 9.17) is 4.74 Å². The fourth-order valence-corrected chi connectivity index (χ4v) is 11.2. The van der Waals surface area contributed by atoms with Gasteiger partial charge >= 0.3 is 5.97 Å². The molecule has 1 heterocycles. The Hall–Kier alpha value is -3.58. The standard InChI is InChI=1S/C35H43NO5S/c1-3-5-18-35(19-6-4-2)23-36-27-21-26(25-15-16-25)30(41-20-17-34(39)40)22-33(27)42(24-35,31-13-9-7-11-28(31)37)32-14-10-8-12-29(32)38/h7-14,17,20-22,25,36-38H,3-6,15-16,18-19,23-24H2,1-2H3,(H,39,40)/b20-17+. The van der Waals surface area contributed by atoms with Gasteiger partial charge in [0.1, 0.15) is 17.2 Å². The lowest BCUT2D eigenvalue weighted by Crippen LogP contribution is -2.34. The number of fused-ring (bicyclic) bond motifs is 1. The molecule has 1 aliphatic heterocycles. The molecular weight excluding hydrogens is 546 g/mol. The van der Waals surface area contributed by atoms with Crippen LogP contribution in [0, 0.1) is 5.41 Å². The summed E-state index contributed by atoms with van der Waals surface area (Å²) in [4.78, 5) is 13.9. The molecule has 7 heteroatoms. The van der Waals surface area contributed by atoms with Gasteiger partial charge in [0, 0.05) is 26.9 Å². The van der Waals surface area contributed by atoms with Gasteiger partial charge < -0.3 is 25.4 Å². The summed E-state index contributed by atoms with van der Waals surface area (Å²) in [5, 5.41) is 36.2. The van der Waals surface area contributed by atoms with Crippen molar-refractivity contribution in [2.24, 2.45) is 5.41 Å². The van der Waals surface area contributed by atoms with Gasteiger partial charge in [-0.15, -0.1) is 0 Å². The molecule has 6 nitrogen and oxygen atoms in total. The Kier molecular flexibility index (Phi) is 9.07. The van der Waals surface area contributed by atoms with Crippen molar-refractivity contribution in [2.45, 2.75) is 85.8 Å². The first-order valence-corrected chi connectivity index (χ1v) is 17.0. The zero-order valence-electron chi connectivity index (χ0n) is 24.6. The van der Waals surface area contributed by atoms with Crippen molar-refractivity contribution in [1.82, 2.24) is 0 Å². The molecule has 3 aromatic rings. The fourth-order valence-electron chi connectivity index (χ4n) is 6.42. The highest BCUT2D eigenvalue weighted by Crippen LogP contribution is 2.77. The molecule has 1 aliphatic carbocycles. The van der Waals surface area contributed by atoms with Crippen molar-refractivity contribution in [3.63, 3.8) is 0 Å². The van der Waals surface area contributed by atoms with Crippen LogP contribution in [0.1, 0.15) is 76.7 Å². The molecule has 0 atom stereocenters. The largest absolute Gasteiger partial charge is 0.507 e. The lowest BCUT2D eigenvalue weighted by atomic mass is 9.79. The van der Waals surface area contributed by atoms with Gasteiger partial charge in [-0.3, -0.25) is 0 Å². The number of carboxylic acid groups (broad SMARTS) is 1. The molecule has 0 spiro atoms. The predicted octanol–water partition coefficient (Wildman–Crippen LogP) is 9.03. The second kappa shape index (κ2) is 12.7. The van der Waals surface area contributed by atoms with E-state index >= 15 is 0 Å². The fraction of sp³-hybridized carbons (Fsp3) is 0.400. The molecule has 42 heavy (non-hydrogen) atoms. The number of rotatable bonds is 12. The quantitative estimate of drug-likeness (QED) is 0.124. The lowest BCUT2D eigenvalue weighted by Gasteiger charge is -2.47. The van der Waals surface area contributed by atoms with Crippen molar-refractivity contribution in [3.8, 4) is 17.2 Å². The molecule has 0 aromatic heterocycles. The summed E-state index contributed by atoms with van der Waals surface area (Å²) in [5.41, 5.74) is 1.99. The topological polar surface area (TPSA) is 99.0 Å². The molecule has 3 aromatic carbocycles. The number of nitrogens with one attached hydrogen (secondary N) is 1. The van der Waals surface area contributed by atoms with Crippen LogP contribution in [0.2, 0.25) is 0 Å². The number of aromatic hydroxyl groups is 2. The van der Waals surface area contributed by atoms with Crippen LogP contribution in [0.15, 0.2) is 87.7 Å². The monoisotopic (exact) mass is 589 g/mol. The van der Waals surface area contributed by atoms with Crippen molar-refractivity contribution in [2.75, 3.05) is 17.6 Å². The Labute approximate surface area is 250 Å². The van der Waals surface area contributed by atoms with Gasteiger partial charge in [0.05, 0.1) is 12.3 Å². The van der Waals surface area contributed by atoms with Gasteiger partial charge in [-0.2, -0.15) is 10.0 Å². The van der Waals surface area contributed by atoms with Gasteiger partial charge in [-0.1, -0.05) is 63.8 Å². The Balaban J connectivity index is 1.84. The predicted molar refractivity (Wildman–Crippen MR) is 169 cm³/mol. The zero-order chi connectivity index (χ0) is 29.7. The summed E-state index contributed by atoms with van der Waals surface area (Å²) in [6.07, 6.45) is 10.8. The third-order valence-corrected chi connectivity index (χ3v) is 13.0. The average molecular weight is 590 g/mol. The van der Waals surface area contributed by atoms with E-state index in [9.17, 15) is 20.1 Å². The highest BCUT2D eigenvalue weighted by Gasteiger charge is 2.47. The summed E-state index contributed by atoms with van der Waals surface area (Å²) in [7, 11) is -2.25. The van der Waals surface area contributed by atoms with E-state index in [1.807, 2.05) is 36.4 Å². The first kappa shape index (κ1) is 29.9. The number of para-hydroxylation sites is 2. The Bertz CT molecular complexity index is 1390. The molecular formula is C35H43NO5S. The smallest absolute Gasteiger partial charge is 0.331 e. The lowest BCUT2D eigenvalue weighted by molar-refractivity contribution is -0.131. The van der Waals surface area contributed by atoms with Crippen molar-refractivity contribution in [3.05, 3.63) is 78.6 Å². The van der Waals surface area contributed by atoms with Crippen molar-refractivity contribution < 1.29 is 24.9 Å². The first-order chi connectivity index (χ1) is 20.3. The minimum atomic E-state index is -2.25. The molecule has 0 radical (unpaired) electrons. The van der Waals surface area contributed by atoms with Crippen LogP contribution in [-0.2, 0) is 4.79 Å². The maximum atomic E-state index is 11.6. The second-order valence-electron chi connectivity index (χ2n) is 11.8. The summed E-state index contributed by atoms with van der Waals surface area (Å²) in [6, 6.07) is 19.4.